The number of thiophene rings is 1. The van der Waals surface area contributed by atoms with Gasteiger partial charge in [-0.25, -0.2) is 21.6 Å². The Kier molecular flexibility index (Phi) is 6.82. The summed E-state index contributed by atoms with van der Waals surface area (Å²) in [5.41, 5.74) is 0.547. The van der Waals surface area contributed by atoms with Crippen LogP contribution in [0.2, 0.25) is 0 Å². The van der Waals surface area contributed by atoms with E-state index in [-0.39, 0.29) is 22.4 Å². The quantitative estimate of drug-likeness (QED) is 0.648. The summed E-state index contributed by atoms with van der Waals surface area (Å²) in [6.45, 7) is -0.213. The molecule has 2 rings (SSSR count). The molecule has 1 heterocycles. The number of rotatable bonds is 9. The Balaban J connectivity index is 2.29. The van der Waals surface area contributed by atoms with Crippen molar-refractivity contribution in [2.45, 2.75) is 15.9 Å². The summed E-state index contributed by atoms with van der Waals surface area (Å²) in [5.74, 6) is 0.105. The van der Waals surface area contributed by atoms with Crippen LogP contribution in [0.4, 0.5) is 0 Å². The molecule has 1 N–H and O–H groups in total. The molecule has 132 valence electrons. The second-order valence-corrected chi connectivity index (χ2v) is 10.7. The maximum Gasteiger partial charge on any atom is 0.211 e. The third-order valence-corrected chi connectivity index (χ3v) is 8.59. The van der Waals surface area contributed by atoms with Gasteiger partial charge in [-0.05, 0) is 23.4 Å². The fraction of sp³-hybridized carbons (Fsp3) is 0.333. The molecule has 0 fully saturated rings. The monoisotopic (exact) mass is 407 g/mol. The number of sulfone groups is 1. The van der Waals surface area contributed by atoms with Crippen LogP contribution in [0.1, 0.15) is 17.2 Å². The molecule has 1 aromatic heterocycles. The van der Waals surface area contributed by atoms with Crippen LogP contribution in [0.5, 0.6) is 0 Å². The Morgan fingerprint density at radius 2 is 1.75 bits per heavy atom. The molecule has 2 aromatic rings. The Morgan fingerprint density at radius 3 is 2.33 bits per heavy atom. The lowest BCUT2D eigenvalue weighted by atomic mass is 10.1. The third-order valence-electron chi connectivity index (χ3n) is 3.36. The smallest absolute Gasteiger partial charge is 0.211 e. The van der Waals surface area contributed by atoms with E-state index < -0.39 is 25.1 Å². The highest BCUT2D eigenvalue weighted by Crippen LogP contribution is 2.31. The van der Waals surface area contributed by atoms with Gasteiger partial charge in [0.25, 0.3) is 0 Å². The Labute approximate surface area is 151 Å². The summed E-state index contributed by atoms with van der Waals surface area (Å²) >= 11 is 6.64. The first-order chi connectivity index (χ1) is 11.4. The molecule has 1 aromatic carbocycles. The number of benzene rings is 1. The molecule has 0 radical (unpaired) electrons. The van der Waals surface area contributed by atoms with Crippen LogP contribution in [-0.2, 0) is 19.9 Å². The van der Waals surface area contributed by atoms with Gasteiger partial charge in [0.05, 0.1) is 5.75 Å². The lowest BCUT2D eigenvalue weighted by Gasteiger charge is -2.18. The van der Waals surface area contributed by atoms with Gasteiger partial charge in [-0.2, -0.15) is 0 Å². The maximum atomic E-state index is 12.9. The molecule has 0 amide bonds. The van der Waals surface area contributed by atoms with E-state index >= 15 is 0 Å². The van der Waals surface area contributed by atoms with Crippen LogP contribution < -0.4 is 4.72 Å². The SMILES string of the molecule is O=S(=O)(CCCCl)NC[C@H](c1ccccc1)S(=O)(=O)c1cccs1. The molecule has 0 aliphatic rings. The second kappa shape index (κ2) is 8.44. The Morgan fingerprint density at radius 1 is 1.04 bits per heavy atom. The molecule has 0 bridgehead atoms. The van der Waals surface area contributed by atoms with Crippen LogP contribution in [0.15, 0.2) is 52.1 Å². The Hall–Kier alpha value is -0.930. The van der Waals surface area contributed by atoms with Crippen LogP contribution in [0, 0.1) is 0 Å². The zero-order valence-corrected chi connectivity index (χ0v) is 16.0. The fourth-order valence-electron chi connectivity index (χ4n) is 2.16. The van der Waals surface area contributed by atoms with Crippen molar-refractivity contribution in [3.63, 3.8) is 0 Å². The largest absolute Gasteiger partial charge is 0.222 e. The van der Waals surface area contributed by atoms with Gasteiger partial charge in [0, 0.05) is 12.4 Å². The van der Waals surface area contributed by atoms with E-state index in [0.29, 0.717) is 12.0 Å². The summed E-state index contributed by atoms with van der Waals surface area (Å²) in [6, 6.07) is 11.8. The van der Waals surface area contributed by atoms with Crippen molar-refractivity contribution in [3.05, 3.63) is 53.4 Å². The van der Waals surface area contributed by atoms with Crippen LogP contribution in [0.3, 0.4) is 0 Å². The predicted molar refractivity (Wildman–Crippen MR) is 97.8 cm³/mol. The van der Waals surface area contributed by atoms with Gasteiger partial charge in [0.2, 0.25) is 10.0 Å². The summed E-state index contributed by atoms with van der Waals surface area (Å²) < 4.78 is 52.3. The van der Waals surface area contributed by atoms with Crippen molar-refractivity contribution in [2.24, 2.45) is 0 Å². The molecule has 0 unspecified atom stereocenters. The minimum atomic E-state index is -3.69. The number of sulfonamides is 1. The lowest BCUT2D eigenvalue weighted by Crippen LogP contribution is -2.33. The highest BCUT2D eigenvalue weighted by Gasteiger charge is 2.31. The van der Waals surface area contributed by atoms with Gasteiger partial charge in [0.15, 0.2) is 9.84 Å². The van der Waals surface area contributed by atoms with Crippen molar-refractivity contribution in [1.29, 1.82) is 0 Å². The predicted octanol–water partition coefficient (Wildman–Crippen LogP) is 2.81. The molecule has 1 atom stereocenters. The van der Waals surface area contributed by atoms with E-state index in [1.807, 2.05) is 0 Å². The summed E-state index contributed by atoms with van der Waals surface area (Å²) in [6.07, 6.45) is 0.310. The van der Waals surface area contributed by atoms with E-state index in [0.717, 1.165) is 11.3 Å². The van der Waals surface area contributed by atoms with E-state index in [9.17, 15) is 16.8 Å². The van der Waals surface area contributed by atoms with Gasteiger partial charge in [-0.3, -0.25) is 0 Å². The molecular formula is C15H18ClNO4S3. The average molecular weight is 408 g/mol. The normalized spacial score (nSPS) is 13.7. The van der Waals surface area contributed by atoms with E-state index in [1.54, 1.807) is 41.8 Å². The van der Waals surface area contributed by atoms with Crippen molar-refractivity contribution in [1.82, 2.24) is 4.72 Å². The van der Waals surface area contributed by atoms with Gasteiger partial charge in [-0.15, -0.1) is 22.9 Å². The summed E-state index contributed by atoms with van der Waals surface area (Å²) in [7, 11) is -7.26. The molecule has 24 heavy (non-hydrogen) atoms. The van der Waals surface area contributed by atoms with Crippen molar-refractivity contribution >= 4 is 42.8 Å². The van der Waals surface area contributed by atoms with Crippen molar-refractivity contribution in [2.75, 3.05) is 18.2 Å². The Bertz CT molecular complexity index is 834. The number of hydrogen-bond acceptors (Lipinski definition) is 5. The first-order valence-electron chi connectivity index (χ1n) is 7.22. The third kappa shape index (κ3) is 5.03. The highest BCUT2D eigenvalue weighted by atomic mass is 35.5. The van der Waals surface area contributed by atoms with Gasteiger partial charge >= 0.3 is 0 Å². The number of hydrogen-bond donors (Lipinski definition) is 1. The number of halogens is 1. The highest BCUT2D eigenvalue weighted by molar-refractivity contribution is 7.93. The second-order valence-electron chi connectivity index (χ2n) is 5.09. The number of alkyl halides is 1. The van der Waals surface area contributed by atoms with E-state index in [2.05, 4.69) is 4.72 Å². The van der Waals surface area contributed by atoms with Crippen molar-refractivity contribution in [3.8, 4) is 0 Å². The zero-order valence-electron chi connectivity index (χ0n) is 12.8. The molecule has 0 aliphatic carbocycles. The van der Waals surface area contributed by atoms with Crippen molar-refractivity contribution < 1.29 is 16.8 Å². The lowest BCUT2D eigenvalue weighted by molar-refractivity contribution is 0.569. The van der Waals surface area contributed by atoms with Crippen LogP contribution in [-0.4, -0.2) is 35.0 Å². The molecule has 0 spiro atoms. The average Bonchev–Trinajstić information content (AvgIpc) is 3.09. The zero-order chi connectivity index (χ0) is 17.6. The maximum absolute atomic E-state index is 12.9. The number of nitrogens with one attached hydrogen (secondary N) is 1. The first-order valence-corrected chi connectivity index (χ1v) is 11.8. The summed E-state index contributed by atoms with van der Waals surface area (Å²) in [4.78, 5) is 0. The molecule has 0 saturated carbocycles. The van der Waals surface area contributed by atoms with Crippen LogP contribution in [0.25, 0.3) is 0 Å². The molecular weight excluding hydrogens is 390 g/mol. The van der Waals surface area contributed by atoms with Gasteiger partial charge in [0.1, 0.15) is 9.46 Å². The molecule has 0 aliphatic heterocycles. The van der Waals surface area contributed by atoms with E-state index in [4.69, 9.17) is 11.6 Å². The first kappa shape index (κ1) is 19.4. The fourth-order valence-corrected chi connectivity index (χ4v) is 6.51. The van der Waals surface area contributed by atoms with Crippen LogP contribution >= 0.6 is 22.9 Å². The standard InChI is InChI=1S/C15H18ClNO4S3/c16-9-5-11-23(18,19)17-12-14(13-6-2-1-3-7-13)24(20,21)15-8-4-10-22-15/h1-4,6-8,10,14,17H,5,9,11-12H2/t14-/m1/s1. The topological polar surface area (TPSA) is 80.3 Å². The van der Waals surface area contributed by atoms with E-state index in [1.165, 1.54) is 6.07 Å². The molecule has 9 heteroatoms. The molecule has 0 saturated heterocycles. The minimum Gasteiger partial charge on any atom is -0.222 e. The van der Waals surface area contributed by atoms with Gasteiger partial charge < -0.3 is 0 Å². The minimum absolute atomic E-state index is 0.128. The summed E-state index contributed by atoms with van der Waals surface area (Å²) in [5, 5.41) is 0.697. The molecule has 5 nitrogen and oxygen atoms in total. The van der Waals surface area contributed by atoms with Gasteiger partial charge in [-0.1, -0.05) is 36.4 Å².